The predicted molar refractivity (Wildman–Crippen MR) is 79.4 cm³/mol. The zero-order valence-corrected chi connectivity index (χ0v) is 12.5. The fourth-order valence-electron chi connectivity index (χ4n) is 2.09. The highest BCUT2D eigenvalue weighted by Crippen LogP contribution is 2.12. The van der Waals surface area contributed by atoms with Gasteiger partial charge in [0.1, 0.15) is 0 Å². The minimum atomic E-state index is 0. The maximum Gasteiger partial charge on any atom is 0.251 e. The lowest BCUT2D eigenvalue weighted by Crippen LogP contribution is -2.30. The average molecular weight is 334 g/mol. The Labute approximate surface area is 122 Å². The minimum absolute atomic E-state index is 0. The quantitative estimate of drug-likeness (QED) is 0.889. The van der Waals surface area contributed by atoms with E-state index in [2.05, 4.69) is 26.6 Å². The molecule has 0 radical (unpaired) electrons. The van der Waals surface area contributed by atoms with Crippen molar-refractivity contribution in [1.82, 2.24) is 10.6 Å². The summed E-state index contributed by atoms with van der Waals surface area (Å²) in [5.74, 6) is 0.00398. The molecule has 3 nitrogen and oxygen atoms in total. The fourth-order valence-corrected chi connectivity index (χ4v) is 2.49. The molecular weight excluding hydrogens is 316 g/mol. The molecule has 5 heteroatoms. The molecule has 1 aliphatic rings. The van der Waals surface area contributed by atoms with Crippen LogP contribution in [0.3, 0.4) is 0 Å². The van der Waals surface area contributed by atoms with Gasteiger partial charge in [0.15, 0.2) is 0 Å². The van der Waals surface area contributed by atoms with Crippen LogP contribution in [0.15, 0.2) is 28.7 Å². The number of hydrogen-bond donors (Lipinski definition) is 2. The maximum atomic E-state index is 11.8. The predicted octanol–water partition coefficient (Wildman–Crippen LogP) is 2.74. The molecule has 1 saturated heterocycles. The van der Waals surface area contributed by atoms with E-state index in [4.69, 9.17) is 0 Å². The molecule has 1 amide bonds. The molecule has 1 aromatic rings. The third-order valence-corrected chi connectivity index (χ3v) is 3.52. The highest BCUT2D eigenvalue weighted by Gasteiger charge is 2.13. The normalized spacial score (nSPS) is 18.2. The Kier molecular flexibility index (Phi) is 6.68. The molecule has 0 aromatic heterocycles. The van der Waals surface area contributed by atoms with Crippen LogP contribution in [0.4, 0.5) is 0 Å². The molecular formula is C13H18BrClN2O. The van der Waals surface area contributed by atoms with Crippen molar-refractivity contribution in [2.45, 2.75) is 25.3 Å². The summed E-state index contributed by atoms with van der Waals surface area (Å²) < 4.78 is 0.933. The summed E-state index contributed by atoms with van der Waals surface area (Å²) in [6.07, 6.45) is 3.50. The third kappa shape index (κ3) is 4.59. The van der Waals surface area contributed by atoms with E-state index in [1.807, 2.05) is 24.3 Å². The van der Waals surface area contributed by atoms with Gasteiger partial charge in [-0.05, 0) is 44.0 Å². The van der Waals surface area contributed by atoms with Gasteiger partial charge in [0.25, 0.3) is 5.91 Å². The minimum Gasteiger partial charge on any atom is -0.352 e. The Hall–Kier alpha value is -0.580. The van der Waals surface area contributed by atoms with Gasteiger partial charge in [-0.3, -0.25) is 4.79 Å². The van der Waals surface area contributed by atoms with E-state index < -0.39 is 0 Å². The molecule has 0 spiro atoms. The van der Waals surface area contributed by atoms with Gasteiger partial charge in [0, 0.05) is 22.6 Å². The summed E-state index contributed by atoms with van der Waals surface area (Å²) in [7, 11) is 0. The van der Waals surface area contributed by atoms with Crippen molar-refractivity contribution in [3.63, 3.8) is 0 Å². The van der Waals surface area contributed by atoms with Gasteiger partial charge in [-0.1, -0.05) is 22.0 Å². The van der Waals surface area contributed by atoms with Crippen LogP contribution in [0.25, 0.3) is 0 Å². The molecule has 0 bridgehead atoms. The average Bonchev–Trinajstić information content (AvgIpc) is 2.82. The van der Waals surface area contributed by atoms with Gasteiger partial charge in [-0.2, -0.15) is 0 Å². The number of nitrogens with one attached hydrogen (secondary N) is 2. The monoisotopic (exact) mass is 332 g/mol. The van der Waals surface area contributed by atoms with Crippen LogP contribution >= 0.6 is 28.3 Å². The number of benzene rings is 1. The van der Waals surface area contributed by atoms with Crippen LogP contribution in [0, 0.1) is 0 Å². The molecule has 0 aliphatic carbocycles. The summed E-state index contributed by atoms with van der Waals surface area (Å²) in [5, 5.41) is 6.37. The van der Waals surface area contributed by atoms with Crippen molar-refractivity contribution in [2.24, 2.45) is 0 Å². The van der Waals surface area contributed by atoms with Gasteiger partial charge in [0.2, 0.25) is 0 Å². The topological polar surface area (TPSA) is 41.1 Å². The van der Waals surface area contributed by atoms with Gasteiger partial charge < -0.3 is 10.6 Å². The van der Waals surface area contributed by atoms with Gasteiger partial charge in [0.05, 0.1) is 0 Å². The molecule has 1 atom stereocenters. The van der Waals surface area contributed by atoms with E-state index in [1.165, 1.54) is 12.8 Å². The summed E-state index contributed by atoms with van der Waals surface area (Å²) in [4.78, 5) is 11.8. The first-order valence-corrected chi connectivity index (χ1v) is 6.82. The number of rotatable bonds is 4. The standard InChI is InChI=1S/C13H17BrN2O.ClH/c14-11-4-1-3-10(9-11)13(17)16-8-6-12-5-2-7-15-12;/h1,3-4,9,12,15H,2,5-8H2,(H,16,17);1H/t12-;/m1./s1. The first-order valence-electron chi connectivity index (χ1n) is 6.03. The Balaban J connectivity index is 0.00000162. The van der Waals surface area contributed by atoms with Crippen LogP contribution < -0.4 is 10.6 Å². The molecule has 0 unspecified atom stereocenters. The van der Waals surface area contributed by atoms with E-state index in [1.54, 1.807) is 0 Å². The lowest BCUT2D eigenvalue weighted by molar-refractivity contribution is 0.0952. The molecule has 1 aromatic carbocycles. The van der Waals surface area contributed by atoms with Gasteiger partial charge >= 0.3 is 0 Å². The molecule has 0 saturated carbocycles. The smallest absolute Gasteiger partial charge is 0.251 e. The Morgan fingerprint density at radius 2 is 2.33 bits per heavy atom. The highest BCUT2D eigenvalue weighted by molar-refractivity contribution is 9.10. The number of amides is 1. The molecule has 2 rings (SSSR count). The SMILES string of the molecule is Cl.O=C(NCC[C@H]1CCCN1)c1cccc(Br)c1. The van der Waals surface area contributed by atoms with Crippen molar-refractivity contribution in [1.29, 1.82) is 0 Å². The Bertz CT molecular complexity index is 394. The molecule has 1 fully saturated rings. The van der Waals surface area contributed by atoms with Gasteiger partial charge in [-0.15, -0.1) is 12.4 Å². The molecule has 2 N–H and O–H groups in total. The van der Waals surface area contributed by atoms with Crippen LogP contribution in [0.2, 0.25) is 0 Å². The number of hydrogen-bond acceptors (Lipinski definition) is 2. The van der Waals surface area contributed by atoms with E-state index in [-0.39, 0.29) is 18.3 Å². The Morgan fingerprint density at radius 3 is 3.00 bits per heavy atom. The lowest BCUT2D eigenvalue weighted by atomic mass is 10.1. The van der Waals surface area contributed by atoms with Gasteiger partial charge in [-0.25, -0.2) is 0 Å². The van der Waals surface area contributed by atoms with Crippen LogP contribution in [0.1, 0.15) is 29.6 Å². The van der Waals surface area contributed by atoms with E-state index in [0.29, 0.717) is 11.6 Å². The van der Waals surface area contributed by atoms with Crippen molar-refractivity contribution in [2.75, 3.05) is 13.1 Å². The molecule has 100 valence electrons. The van der Waals surface area contributed by atoms with Crippen LogP contribution in [-0.4, -0.2) is 25.0 Å². The highest BCUT2D eigenvalue weighted by atomic mass is 79.9. The van der Waals surface area contributed by atoms with E-state index >= 15 is 0 Å². The summed E-state index contributed by atoms with van der Waals surface area (Å²) in [6, 6.07) is 8.03. The van der Waals surface area contributed by atoms with E-state index in [9.17, 15) is 4.79 Å². The largest absolute Gasteiger partial charge is 0.352 e. The third-order valence-electron chi connectivity index (χ3n) is 3.03. The molecule has 1 aliphatic heterocycles. The molecule has 18 heavy (non-hydrogen) atoms. The van der Waals surface area contributed by atoms with Crippen molar-refractivity contribution < 1.29 is 4.79 Å². The first kappa shape index (κ1) is 15.5. The molecule has 1 heterocycles. The zero-order chi connectivity index (χ0) is 12.1. The van der Waals surface area contributed by atoms with E-state index in [0.717, 1.165) is 24.0 Å². The fraction of sp³-hybridized carbons (Fsp3) is 0.462. The van der Waals surface area contributed by atoms with Crippen molar-refractivity contribution in [3.05, 3.63) is 34.3 Å². The first-order chi connectivity index (χ1) is 8.25. The second kappa shape index (κ2) is 7.77. The van der Waals surface area contributed by atoms with Crippen LogP contribution in [-0.2, 0) is 0 Å². The summed E-state index contributed by atoms with van der Waals surface area (Å²) >= 11 is 3.36. The summed E-state index contributed by atoms with van der Waals surface area (Å²) in [5.41, 5.74) is 0.707. The van der Waals surface area contributed by atoms with Crippen LogP contribution in [0.5, 0.6) is 0 Å². The number of carbonyl (C=O) groups is 1. The second-order valence-corrected chi connectivity index (χ2v) is 5.26. The Morgan fingerprint density at radius 1 is 1.50 bits per heavy atom. The number of halogens is 2. The maximum absolute atomic E-state index is 11.8. The van der Waals surface area contributed by atoms with Crippen molar-refractivity contribution >= 4 is 34.2 Å². The second-order valence-electron chi connectivity index (χ2n) is 4.35. The zero-order valence-electron chi connectivity index (χ0n) is 10.1. The summed E-state index contributed by atoms with van der Waals surface area (Å²) in [6.45, 7) is 1.85. The lowest BCUT2D eigenvalue weighted by Gasteiger charge is -2.10. The number of carbonyl (C=O) groups excluding carboxylic acids is 1. The van der Waals surface area contributed by atoms with Crippen molar-refractivity contribution in [3.8, 4) is 0 Å².